The fraction of sp³-hybridized carbons (Fsp3) is 0.419. The Kier molecular flexibility index (Phi) is 7.96. The molecule has 3 aromatic rings. The first-order valence-corrected chi connectivity index (χ1v) is 14.6. The standard InChI is InChI=1S/C31H38N4O3S/c1-6-35-25-9-10-26(35)17-34(16-25)24-8-7-19(2)28(15-24)30(36)33-20(3)21-11-22(13-27(12-21)38-5)23-14-29(39-18-23)31(37)32-4/h7-8,11-15,18,20,25-26H,6,9-10,16-17H2,1-5H3,(H,32,37)(H,33,36)/t20-,25-,26+/m1/s1. The molecule has 0 spiro atoms. The first-order chi connectivity index (χ1) is 18.8. The highest BCUT2D eigenvalue weighted by Gasteiger charge is 2.39. The molecular formula is C31H38N4O3S. The van der Waals surface area contributed by atoms with E-state index in [9.17, 15) is 9.59 Å². The number of piperazine rings is 1. The molecule has 2 saturated heterocycles. The molecule has 1 aromatic heterocycles. The summed E-state index contributed by atoms with van der Waals surface area (Å²) in [5, 5.41) is 7.85. The third-order valence-corrected chi connectivity index (χ3v) is 9.15. The number of nitrogens with zero attached hydrogens (tertiary/aromatic N) is 2. The summed E-state index contributed by atoms with van der Waals surface area (Å²) in [4.78, 5) is 31.3. The Labute approximate surface area is 235 Å². The van der Waals surface area contributed by atoms with E-state index in [1.807, 2.05) is 37.4 Å². The number of nitrogens with one attached hydrogen (secondary N) is 2. The van der Waals surface area contributed by atoms with Crippen LogP contribution in [0.15, 0.2) is 47.8 Å². The van der Waals surface area contributed by atoms with Crippen LogP contribution in [0.2, 0.25) is 0 Å². The maximum Gasteiger partial charge on any atom is 0.261 e. The number of methoxy groups -OCH3 is 1. The number of fused-ring (bicyclic) bond motifs is 2. The zero-order chi connectivity index (χ0) is 27.7. The van der Waals surface area contributed by atoms with E-state index < -0.39 is 0 Å². The van der Waals surface area contributed by atoms with Gasteiger partial charge in [0.15, 0.2) is 0 Å². The van der Waals surface area contributed by atoms with Gasteiger partial charge in [-0.1, -0.05) is 13.0 Å². The molecule has 0 unspecified atom stereocenters. The Hall–Kier alpha value is -3.36. The molecule has 39 heavy (non-hydrogen) atoms. The molecule has 2 aliphatic heterocycles. The first kappa shape index (κ1) is 27.2. The van der Waals surface area contributed by atoms with Crippen LogP contribution in [-0.2, 0) is 0 Å². The lowest BCUT2D eigenvalue weighted by Gasteiger charge is -2.41. The summed E-state index contributed by atoms with van der Waals surface area (Å²) >= 11 is 1.40. The van der Waals surface area contributed by atoms with Gasteiger partial charge in [-0.05, 0) is 97.3 Å². The molecule has 2 fully saturated rings. The van der Waals surface area contributed by atoms with Gasteiger partial charge >= 0.3 is 0 Å². The molecule has 2 amide bonds. The highest BCUT2D eigenvalue weighted by Crippen LogP contribution is 2.34. The first-order valence-electron chi connectivity index (χ1n) is 13.7. The topological polar surface area (TPSA) is 73.9 Å². The molecule has 2 N–H and O–H groups in total. The number of hydrogen-bond acceptors (Lipinski definition) is 6. The molecule has 0 aliphatic carbocycles. The summed E-state index contributed by atoms with van der Waals surface area (Å²) in [7, 11) is 3.26. The lowest BCUT2D eigenvalue weighted by Crippen LogP contribution is -2.53. The van der Waals surface area contributed by atoms with Crippen LogP contribution in [0.4, 0.5) is 5.69 Å². The predicted molar refractivity (Wildman–Crippen MR) is 158 cm³/mol. The second-order valence-corrected chi connectivity index (χ2v) is 11.5. The van der Waals surface area contributed by atoms with Crippen LogP contribution in [0.1, 0.15) is 63.9 Å². The number of benzene rings is 2. The highest BCUT2D eigenvalue weighted by molar-refractivity contribution is 7.12. The maximum absolute atomic E-state index is 13.5. The van der Waals surface area contributed by atoms with Crippen molar-refractivity contribution in [2.75, 3.05) is 38.7 Å². The van der Waals surface area contributed by atoms with E-state index in [1.165, 1.54) is 24.2 Å². The number of likely N-dealkylation sites (N-methyl/N-ethyl adjacent to an activating group) is 1. The van der Waals surface area contributed by atoms with Crippen molar-refractivity contribution in [3.05, 3.63) is 69.4 Å². The van der Waals surface area contributed by atoms with Gasteiger partial charge in [-0.15, -0.1) is 11.3 Å². The molecule has 3 heterocycles. The van der Waals surface area contributed by atoms with E-state index in [4.69, 9.17) is 4.74 Å². The number of carbonyl (C=O) groups is 2. The number of carbonyl (C=O) groups excluding carboxylic acids is 2. The van der Waals surface area contributed by atoms with Crippen LogP contribution in [0.25, 0.3) is 11.1 Å². The number of rotatable bonds is 8. The van der Waals surface area contributed by atoms with Crippen LogP contribution in [0.5, 0.6) is 5.75 Å². The van der Waals surface area contributed by atoms with Crippen molar-refractivity contribution in [1.82, 2.24) is 15.5 Å². The average molecular weight is 547 g/mol. The largest absolute Gasteiger partial charge is 0.497 e. The molecule has 5 rings (SSSR count). The van der Waals surface area contributed by atoms with Gasteiger partial charge < -0.3 is 20.3 Å². The summed E-state index contributed by atoms with van der Waals surface area (Å²) < 4.78 is 5.57. The monoisotopic (exact) mass is 546 g/mol. The zero-order valence-electron chi connectivity index (χ0n) is 23.4. The molecular weight excluding hydrogens is 508 g/mol. The fourth-order valence-electron chi connectivity index (χ4n) is 6.01. The van der Waals surface area contributed by atoms with Crippen molar-refractivity contribution in [3.63, 3.8) is 0 Å². The zero-order valence-corrected chi connectivity index (χ0v) is 24.2. The quantitative estimate of drug-likeness (QED) is 0.404. The summed E-state index contributed by atoms with van der Waals surface area (Å²) in [6, 6.07) is 15.1. The van der Waals surface area contributed by atoms with Crippen LogP contribution < -0.4 is 20.3 Å². The minimum atomic E-state index is -0.240. The molecule has 0 radical (unpaired) electrons. The van der Waals surface area contributed by atoms with Gasteiger partial charge in [0.2, 0.25) is 0 Å². The normalized spacial score (nSPS) is 19.6. The van der Waals surface area contributed by atoms with E-state index in [-0.39, 0.29) is 17.9 Å². The van der Waals surface area contributed by atoms with Crippen LogP contribution >= 0.6 is 11.3 Å². The van der Waals surface area contributed by atoms with E-state index in [0.717, 1.165) is 47.6 Å². The molecule has 8 heteroatoms. The second kappa shape index (κ2) is 11.4. The van der Waals surface area contributed by atoms with Gasteiger partial charge in [0.1, 0.15) is 5.75 Å². The Morgan fingerprint density at radius 1 is 1.05 bits per heavy atom. The summed E-state index contributed by atoms with van der Waals surface area (Å²) in [6.45, 7) is 9.37. The van der Waals surface area contributed by atoms with Crippen LogP contribution in [-0.4, -0.2) is 62.6 Å². The van der Waals surface area contributed by atoms with Crippen molar-refractivity contribution in [3.8, 4) is 16.9 Å². The van der Waals surface area contributed by atoms with Gasteiger partial charge in [-0.25, -0.2) is 0 Å². The molecule has 2 bridgehead atoms. The average Bonchev–Trinajstić information content (AvgIpc) is 3.54. The van der Waals surface area contributed by atoms with Gasteiger partial charge in [-0.3, -0.25) is 14.5 Å². The minimum absolute atomic E-state index is 0.0844. The number of ether oxygens (including phenoxy) is 1. The molecule has 2 aliphatic rings. The number of hydrogen-bond donors (Lipinski definition) is 2. The molecule has 2 aromatic carbocycles. The van der Waals surface area contributed by atoms with Crippen molar-refractivity contribution in [2.24, 2.45) is 0 Å². The summed E-state index contributed by atoms with van der Waals surface area (Å²) in [6.07, 6.45) is 2.51. The number of thiophene rings is 1. The molecule has 3 atom stereocenters. The Morgan fingerprint density at radius 2 is 1.79 bits per heavy atom. The second-order valence-electron chi connectivity index (χ2n) is 10.6. The molecule has 7 nitrogen and oxygen atoms in total. The lowest BCUT2D eigenvalue weighted by atomic mass is 10.00. The minimum Gasteiger partial charge on any atom is -0.497 e. The SMILES string of the molecule is CCN1[C@@H]2CC[C@H]1CN(c1ccc(C)c(C(=O)N[C@H](C)c3cc(OC)cc(-c4csc(C(=O)NC)c4)c3)c1)C2. The third kappa shape index (κ3) is 5.54. The van der Waals surface area contributed by atoms with E-state index >= 15 is 0 Å². The number of amides is 2. The van der Waals surface area contributed by atoms with E-state index in [1.54, 1.807) is 14.2 Å². The summed E-state index contributed by atoms with van der Waals surface area (Å²) in [5.41, 5.74) is 5.62. The molecule has 206 valence electrons. The summed E-state index contributed by atoms with van der Waals surface area (Å²) in [5.74, 6) is 0.515. The van der Waals surface area contributed by atoms with Crippen molar-refractivity contribution in [1.29, 1.82) is 0 Å². The molecule has 0 saturated carbocycles. The van der Waals surface area contributed by atoms with Crippen LogP contribution in [0.3, 0.4) is 0 Å². The fourth-order valence-corrected chi connectivity index (χ4v) is 6.88. The number of aryl methyl sites for hydroxylation is 1. The Balaban J connectivity index is 1.34. The maximum atomic E-state index is 13.5. The van der Waals surface area contributed by atoms with Gasteiger partial charge in [0.05, 0.1) is 18.0 Å². The third-order valence-electron chi connectivity index (χ3n) is 8.23. The highest BCUT2D eigenvalue weighted by atomic mass is 32.1. The predicted octanol–water partition coefficient (Wildman–Crippen LogP) is 5.26. The van der Waals surface area contributed by atoms with Crippen molar-refractivity contribution < 1.29 is 14.3 Å². The van der Waals surface area contributed by atoms with Crippen LogP contribution in [0, 0.1) is 6.92 Å². The van der Waals surface area contributed by atoms with Gasteiger partial charge in [0, 0.05) is 43.5 Å². The number of anilines is 1. The van der Waals surface area contributed by atoms with Crippen molar-refractivity contribution in [2.45, 2.75) is 51.7 Å². The van der Waals surface area contributed by atoms with E-state index in [0.29, 0.717) is 28.3 Å². The Bertz CT molecular complexity index is 1360. The van der Waals surface area contributed by atoms with Gasteiger partial charge in [0.25, 0.3) is 11.8 Å². The Morgan fingerprint density at radius 3 is 2.46 bits per heavy atom. The van der Waals surface area contributed by atoms with E-state index in [2.05, 4.69) is 51.6 Å². The lowest BCUT2D eigenvalue weighted by molar-refractivity contribution is 0.0937. The van der Waals surface area contributed by atoms with Crippen molar-refractivity contribution >= 4 is 28.8 Å². The smallest absolute Gasteiger partial charge is 0.261 e. The van der Waals surface area contributed by atoms with Gasteiger partial charge in [-0.2, -0.15) is 0 Å².